The van der Waals surface area contributed by atoms with Crippen LogP contribution in [0.1, 0.15) is 485 Å². The Morgan fingerprint density at radius 1 is 0.255 bits per heavy atom. The number of phosphoric ester groups is 2. The molecule has 0 spiro atoms. The van der Waals surface area contributed by atoms with Crippen molar-refractivity contribution in [2.24, 2.45) is 17.8 Å². The standard InChI is InChI=1S/C91H178O17P2/c1-8-12-13-14-15-16-17-37-44-51-58-65-72-88(93)101-78-86(107-91(96)75-68-61-54-47-40-33-27-25-30-36-43-50-57-64-71-84(7)11-4)80-105-109(97,98)103-76-85(92)77-104-110(99,100)106-81-87(79-102-89(94)73-66-59-52-45-38-31-26-24-29-35-42-49-56-63-70-83(6)10-3)108-90(95)74-67-60-53-46-39-32-23-21-19-18-20-22-28-34-41-48-55-62-69-82(5)9-2/h82-87,92H,8-81H2,1-7H3,(H,97,98)(H,99,100)/t82?,83?,84?,85-,86+,87+/m0/s1. The topological polar surface area (TPSA) is 237 Å². The van der Waals surface area contributed by atoms with Gasteiger partial charge < -0.3 is 33.8 Å². The smallest absolute Gasteiger partial charge is 0.462 e. The minimum absolute atomic E-state index is 0.108. The third-order valence-electron chi connectivity index (χ3n) is 22.5. The second kappa shape index (κ2) is 80.8. The molecule has 0 fully saturated rings. The average molecular weight is 1610 g/mol. The number of carbonyl (C=O) groups excluding carboxylic acids is 4. The lowest BCUT2D eigenvalue weighted by Gasteiger charge is -2.21. The van der Waals surface area contributed by atoms with E-state index in [9.17, 15) is 43.2 Å². The maximum absolute atomic E-state index is 13.2. The van der Waals surface area contributed by atoms with Crippen LogP contribution in [0, 0.1) is 17.8 Å². The number of hydrogen-bond donors (Lipinski definition) is 3. The van der Waals surface area contributed by atoms with Gasteiger partial charge in [-0.3, -0.25) is 37.3 Å². The summed E-state index contributed by atoms with van der Waals surface area (Å²) in [5.74, 6) is 0.471. The highest BCUT2D eigenvalue weighted by molar-refractivity contribution is 7.47. The molecule has 110 heavy (non-hydrogen) atoms. The number of esters is 4. The zero-order valence-electron chi connectivity index (χ0n) is 72.7. The fraction of sp³-hybridized carbons (Fsp3) is 0.956. The maximum atomic E-state index is 13.2. The van der Waals surface area contributed by atoms with Gasteiger partial charge in [-0.25, -0.2) is 9.13 Å². The normalized spacial score (nSPS) is 14.5. The molecule has 654 valence electrons. The minimum atomic E-state index is -4.97. The Kier molecular flexibility index (Phi) is 79.4. The molecule has 0 aromatic rings. The van der Waals surface area contributed by atoms with E-state index in [-0.39, 0.29) is 25.7 Å². The van der Waals surface area contributed by atoms with Crippen LogP contribution in [-0.2, 0) is 65.4 Å². The van der Waals surface area contributed by atoms with Crippen molar-refractivity contribution in [1.29, 1.82) is 0 Å². The second-order valence-electron chi connectivity index (χ2n) is 33.4. The highest BCUT2D eigenvalue weighted by Crippen LogP contribution is 2.45. The van der Waals surface area contributed by atoms with E-state index in [0.717, 1.165) is 108 Å². The quantitative estimate of drug-likeness (QED) is 0.0222. The van der Waals surface area contributed by atoms with Gasteiger partial charge in [-0.2, -0.15) is 0 Å². The summed E-state index contributed by atoms with van der Waals surface area (Å²) in [5.41, 5.74) is 0. The van der Waals surface area contributed by atoms with Crippen molar-refractivity contribution in [2.45, 2.75) is 503 Å². The number of phosphoric acid groups is 2. The molecule has 0 aromatic heterocycles. The first kappa shape index (κ1) is 108. The van der Waals surface area contributed by atoms with E-state index >= 15 is 0 Å². The third kappa shape index (κ3) is 79.9. The van der Waals surface area contributed by atoms with Crippen LogP contribution in [0.15, 0.2) is 0 Å². The van der Waals surface area contributed by atoms with E-state index in [1.807, 2.05) is 0 Å². The zero-order chi connectivity index (χ0) is 80.8. The number of carbonyl (C=O) groups is 4. The van der Waals surface area contributed by atoms with Gasteiger partial charge in [0, 0.05) is 25.7 Å². The molecule has 8 atom stereocenters. The minimum Gasteiger partial charge on any atom is -0.462 e. The summed E-state index contributed by atoms with van der Waals surface area (Å²) in [6.45, 7) is 12.2. The van der Waals surface area contributed by atoms with Crippen molar-refractivity contribution in [2.75, 3.05) is 39.6 Å². The van der Waals surface area contributed by atoms with E-state index in [4.69, 9.17) is 37.0 Å². The van der Waals surface area contributed by atoms with E-state index < -0.39 is 97.5 Å². The molecule has 0 amide bonds. The summed E-state index contributed by atoms with van der Waals surface area (Å²) in [5, 5.41) is 10.7. The van der Waals surface area contributed by atoms with Crippen molar-refractivity contribution < 1.29 is 80.2 Å². The molecule has 0 aliphatic heterocycles. The van der Waals surface area contributed by atoms with Gasteiger partial charge in [-0.1, -0.05) is 434 Å². The molecule has 19 heteroatoms. The Hall–Kier alpha value is -1.94. The molecule has 0 saturated heterocycles. The Balaban J connectivity index is 5.26. The average Bonchev–Trinajstić information content (AvgIpc) is 0.896. The van der Waals surface area contributed by atoms with Crippen molar-refractivity contribution >= 4 is 39.5 Å². The van der Waals surface area contributed by atoms with E-state index in [0.29, 0.717) is 25.7 Å². The number of aliphatic hydroxyl groups is 1. The summed E-state index contributed by atoms with van der Waals surface area (Å²) < 4.78 is 69.1. The summed E-state index contributed by atoms with van der Waals surface area (Å²) >= 11 is 0. The van der Waals surface area contributed by atoms with Crippen molar-refractivity contribution in [3.63, 3.8) is 0 Å². The highest BCUT2D eigenvalue weighted by atomic mass is 31.2. The monoisotopic (exact) mass is 1610 g/mol. The highest BCUT2D eigenvalue weighted by Gasteiger charge is 2.31. The van der Waals surface area contributed by atoms with Crippen molar-refractivity contribution in [3.8, 4) is 0 Å². The number of unbranched alkanes of at least 4 members (excludes halogenated alkanes) is 54. The van der Waals surface area contributed by atoms with Gasteiger partial charge in [0.05, 0.1) is 26.4 Å². The molecule has 17 nitrogen and oxygen atoms in total. The van der Waals surface area contributed by atoms with Crippen LogP contribution in [-0.4, -0.2) is 96.7 Å². The molecule has 0 aromatic carbocycles. The van der Waals surface area contributed by atoms with Crippen LogP contribution in [0.2, 0.25) is 0 Å². The molecule has 0 bridgehead atoms. The SMILES string of the molecule is CCCCCCCCCCCCCCC(=O)OC[C@H](COP(=O)(O)OC[C@H](O)COP(=O)(O)OC[C@@H](COC(=O)CCCCCCCCCCCCCCCCC(C)CC)OC(=O)CCCCCCCCCCCCCCCCCCCCC(C)CC)OC(=O)CCCCCCCCCCCCCCCCC(C)CC. The molecule has 5 unspecified atom stereocenters. The molecule has 0 heterocycles. The summed E-state index contributed by atoms with van der Waals surface area (Å²) in [4.78, 5) is 73.4. The fourth-order valence-electron chi connectivity index (χ4n) is 14.2. The Morgan fingerprint density at radius 3 is 0.645 bits per heavy atom. The molecule has 0 aliphatic carbocycles. The first-order valence-electron chi connectivity index (χ1n) is 47.0. The number of aliphatic hydroxyl groups excluding tert-OH is 1. The molecule has 0 saturated carbocycles. The van der Waals surface area contributed by atoms with E-state index in [1.165, 1.54) is 295 Å². The summed E-state index contributed by atoms with van der Waals surface area (Å²) in [7, 11) is -9.94. The van der Waals surface area contributed by atoms with Crippen LogP contribution in [0.4, 0.5) is 0 Å². The largest absolute Gasteiger partial charge is 0.472 e. The van der Waals surface area contributed by atoms with Crippen LogP contribution < -0.4 is 0 Å². The molecular formula is C91H178O17P2. The predicted octanol–water partition coefficient (Wildman–Crippen LogP) is 28.0. The van der Waals surface area contributed by atoms with Crippen LogP contribution in [0.3, 0.4) is 0 Å². The summed E-state index contributed by atoms with van der Waals surface area (Å²) in [6, 6.07) is 0. The molecule has 0 rings (SSSR count). The lowest BCUT2D eigenvalue weighted by Crippen LogP contribution is -2.30. The number of ether oxygens (including phenoxy) is 4. The van der Waals surface area contributed by atoms with Gasteiger partial charge in [0.1, 0.15) is 19.3 Å². The lowest BCUT2D eigenvalue weighted by atomic mass is 9.99. The van der Waals surface area contributed by atoms with E-state index in [1.54, 1.807) is 0 Å². The molecular weight excluding hydrogens is 1430 g/mol. The molecule has 3 N–H and O–H groups in total. The fourth-order valence-corrected chi connectivity index (χ4v) is 15.7. The zero-order valence-corrected chi connectivity index (χ0v) is 74.5. The van der Waals surface area contributed by atoms with Gasteiger partial charge in [0.25, 0.3) is 0 Å². The second-order valence-corrected chi connectivity index (χ2v) is 36.3. The van der Waals surface area contributed by atoms with Crippen LogP contribution in [0.5, 0.6) is 0 Å². The summed E-state index contributed by atoms with van der Waals surface area (Å²) in [6.07, 6.45) is 73.3. The van der Waals surface area contributed by atoms with Crippen molar-refractivity contribution in [1.82, 2.24) is 0 Å². The molecule has 0 radical (unpaired) electrons. The number of hydrogen-bond acceptors (Lipinski definition) is 15. The predicted molar refractivity (Wildman–Crippen MR) is 455 cm³/mol. The Labute approximate surface area is 677 Å². The van der Waals surface area contributed by atoms with Crippen LogP contribution >= 0.6 is 15.6 Å². The first-order valence-corrected chi connectivity index (χ1v) is 50.0. The maximum Gasteiger partial charge on any atom is 0.472 e. The van der Waals surface area contributed by atoms with Crippen molar-refractivity contribution in [3.05, 3.63) is 0 Å². The van der Waals surface area contributed by atoms with Gasteiger partial charge in [-0.05, 0) is 43.4 Å². The van der Waals surface area contributed by atoms with E-state index in [2.05, 4.69) is 48.5 Å². The Morgan fingerprint density at radius 2 is 0.436 bits per heavy atom. The van der Waals surface area contributed by atoms with Crippen LogP contribution in [0.25, 0.3) is 0 Å². The van der Waals surface area contributed by atoms with Gasteiger partial charge in [-0.15, -0.1) is 0 Å². The number of rotatable bonds is 89. The van der Waals surface area contributed by atoms with Gasteiger partial charge in [0.15, 0.2) is 12.2 Å². The van der Waals surface area contributed by atoms with Gasteiger partial charge >= 0.3 is 39.5 Å². The lowest BCUT2D eigenvalue weighted by molar-refractivity contribution is -0.161. The first-order chi connectivity index (χ1) is 53.3. The molecule has 0 aliphatic rings. The Bertz CT molecular complexity index is 2120. The van der Waals surface area contributed by atoms with Gasteiger partial charge in [0.2, 0.25) is 0 Å². The third-order valence-corrected chi connectivity index (χ3v) is 24.4.